The van der Waals surface area contributed by atoms with Crippen molar-refractivity contribution in [2.24, 2.45) is 5.73 Å². The van der Waals surface area contributed by atoms with E-state index in [-0.39, 0.29) is 23.5 Å². The number of carbonyl (C=O) groups is 2. The molecular formula is C25H30ClN3O3. The molecule has 2 aromatic rings. The second-order valence-electron chi connectivity index (χ2n) is 8.85. The third-order valence-corrected chi connectivity index (χ3v) is 7.37. The Morgan fingerprint density at radius 3 is 2.56 bits per heavy atom. The maximum atomic E-state index is 13.3. The van der Waals surface area contributed by atoms with Gasteiger partial charge < -0.3 is 15.4 Å². The van der Waals surface area contributed by atoms with Gasteiger partial charge in [-0.25, -0.2) is 9.59 Å². The zero-order valence-corrected chi connectivity index (χ0v) is 19.4. The first-order valence-corrected chi connectivity index (χ1v) is 11.5. The van der Waals surface area contributed by atoms with Crippen molar-refractivity contribution in [2.75, 3.05) is 31.6 Å². The number of nitrogens with two attached hydrogens (primary N) is 1. The van der Waals surface area contributed by atoms with Gasteiger partial charge in [-0.3, -0.25) is 4.90 Å². The first kappa shape index (κ1) is 22.6. The first-order chi connectivity index (χ1) is 15.4. The lowest BCUT2D eigenvalue weighted by Gasteiger charge is -2.42. The number of rotatable bonds is 5. The number of methoxy groups -OCH3 is 1. The molecule has 0 atom stereocenters. The minimum Gasteiger partial charge on any atom is -0.465 e. The number of nitrogens with zero attached hydrogens (tertiary/aromatic N) is 2. The van der Waals surface area contributed by atoms with Crippen LogP contribution in [0.25, 0.3) is 0 Å². The number of urea groups is 1. The van der Waals surface area contributed by atoms with Gasteiger partial charge >= 0.3 is 12.0 Å². The molecule has 170 valence electrons. The summed E-state index contributed by atoms with van der Waals surface area (Å²) in [5.41, 5.74) is 9.57. The molecule has 0 aromatic heterocycles. The van der Waals surface area contributed by atoms with Crippen LogP contribution in [-0.4, -0.2) is 49.7 Å². The molecule has 0 bridgehead atoms. The third kappa shape index (κ3) is 4.09. The van der Waals surface area contributed by atoms with Crippen molar-refractivity contribution in [3.63, 3.8) is 0 Å². The van der Waals surface area contributed by atoms with Crippen molar-refractivity contribution < 1.29 is 14.3 Å². The summed E-state index contributed by atoms with van der Waals surface area (Å²) in [6, 6.07) is 13.6. The average molecular weight is 456 g/mol. The number of hydrogen-bond acceptors (Lipinski definition) is 4. The largest absolute Gasteiger partial charge is 0.465 e. The van der Waals surface area contributed by atoms with Crippen LogP contribution in [0.15, 0.2) is 42.5 Å². The summed E-state index contributed by atoms with van der Waals surface area (Å²) in [4.78, 5) is 28.9. The quantitative estimate of drug-likeness (QED) is 0.672. The fourth-order valence-corrected chi connectivity index (χ4v) is 5.41. The van der Waals surface area contributed by atoms with Crippen LogP contribution in [0.5, 0.6) is 0 Å². The minimum absolute atomic E-state index is 0.0342. The maximum Gasteiger partial charge on any atom is 0.337 e. The lowest BCUT2D eigenvalue weighted by molar-refractivity contribution is 0.0600. The second kappa shape index (κ2) is 9.12. The predicted molar refractivity (Wildman–Crippen MR) is 126 cm³/mol. The van der Waals surface area contributed by atoms with Crippen LogP contribution >= 0.6 is 11.6 Å². The summed E-state index contributed by atoms with van der Waals surface area (Å²) >= 11 is 6.23. The van der Waals surface area contributed by atoms with Crippen LogP contribution in [0.1, 0.15) is 47.2 Å². The summed E-state index contributed by atoms with van der Waals surface area (Å²) in [5, 5.41) is 0.733. The lowest BCUT2D eigenvalue weighted by atomic mass is 9.68. The normalized spacial score (nSPS) is 23.5. The molecule has 1 aliphatic carbocycles. The second-order valence-corrected chi connectivity index (χ2v) is 9.28. The van der Waals surface area contributed by atoms with Gasteiger partial charge in [-0.1, -0.05) is 23.7 Å². The molecule has 2 aliphatic rings. The van der Waals surface area contributed by atoms with Crippen LogP contribution in [0, 0.1) is 6.92 Å². The predicted octanol–water partition coefficient (Wildman–Crippen LogP) is 4.52. The summed E-state index contributed by atoms with van der Waals surface area (Å²) in [7, 11) is 1.36. The number of carbonyl (C=O) groups excluding carboxylic acids is 2. The van der Waals surface area contributed by atoms with Crippen LogP contribution in [-0.2, 0) is 10.2 Å². The Morgan fingerprint density at radius 2 is 1.94 bits per heavy atom. The number of ether oxygens (including phenoxy) is 1. The zero-order valence-electron chi connectivity index (χ0n) is 18.6. The maximum absolute atomic E-state index is 13.3. The highest BCUT2D eigenvalue weighted by Gasteiger charge is 2.41. The fourth-order valence-electron chi connectivity index (χ4n) is 5.22. The molecule has 2 fully saturated rings. The number of halogens is 1. The van der Waals surface area contributed by atoms with E-state index in [0.717, 1.165) is 42.0 Å². The molecular weight excluding hydrogens is 426 g/mol. The zero-order chi connectivity index (χ0) is 22.9. The van der Waals surface area contributed by atoms with E-state index in [1.54, 1.807) is 12.1 Å². The molecule has 0 radical (unpaired) electrons. The Kier molecular flexibility index (Phi) is 6.45. The molecule has 0 unspecified atom stereocenters. The van der Waals surface area contributed by atoms with Gasteiger partial charge in [0.2, 0.25) is 0 Å². The van der Waals surface area contributed by atoms with Crippen molar-refractivity contribution in [3.8, 4) is 0 Å². The highest BCUT2D eigenvalue weighted by Crippen LogP contribution is 2.41. The van der Waals surface area contributed by atoms with Gasteiger partial charge in [-0.2, -0.15) is 0 Å². The molecule has 6 nitrogen and oxygen atoms in total. The smallest absolute Gasteiger partial charge is 0.337 e. The van der Waals surface area contributed by atoms with E-state index in [1.807, 2.05) is 41.0 Å². The summed E-state index contributed by atoms with van der Waals surface area (Å²) in [5.74, 6) is -0.376. The van der Waals surface area contributed by atoms with E-state index in [9.17, 15) is 9.59 Å². The Bertz CT molecular complexity index is 1020. The lowest BCUT2D eigenvalue weighted by Crippen LogP contribution is -2.47. The van der Waals surface area contributed by atoms with E-state index >= 15 is 0 Å². The van der Waals surface area contributed by atoms with E-state index in [2.05, 4.69) is 6.07 Å². The highest BCUT2D eigenvalue weighted by atomic mass is 35.5. The van der Waals surface area contributed by atoms with Crippen molar-refractivity contribution in [2.45, 2.75) is 44.1 Å². The van der Waals surface area contributed by atoms with Gasteiger partial charge in [0.25, 0.3) is 0 Å². The Hall–Kier alpha value is -2.57. The third-order valence-electron chi connectivity index (χ3n) is 7.13. The number of aryl methyl sites for hydroxylation is 1. The molecule has 2 aromatic carbocycles. The van der Waals surface area contributed by atoms with Gasteiger partial charge in [-0.15, -0.1) is 0 Å². The Balaban J connectivity index is 1.46. The Labute approximate surface area is 194 Å². The molecule has 7 heteroatoms. The van der Waals surface area contributed by atoms with Gasteiger partial charge in [0.05, 0.1) is 12.7 Å². The van der Waals surface area contributed by atoms with E-state index in [1.165, 1.54) is 12.7 Å². The standard InChI is InChI=1S/C25H30ClN3O3/c1-17-14-18(23(30)32-2)6-7-22(17)29-13-12-28(24(29)31)21-8-10-25(16-27,11-9-21)19-4-3-5-20(26)15-19/h3-7,14-15,21H,8-13,16,27H2,1-2H3/t21-,25-. The van der Waals surface area contributed by atoms with Gasteiger partial charge in [0, 0.05) is 41.8 Å². The molecule has 4 rings (SSSR count). The number of amides is 2. The molecule has 1 saturated carbocycles. The van der Waals surface area contributed by atoms with Crippen LogP contribution < -0.4 is 10.6 Å². The topological polar surface area (TPSA) is 75.9 Å². The van der Waals surface area contributed by atoms with Crippen molar-refractivity contribution in [1.82, 2.24) is 4.90 Å². The number of esters is 1. The van der Waals surface area contributed by atoms with Crippen molar-refractivity contribution in [1.29, 1.82) is 0 Å². The summed E-state index contributed by atoms with van der Waals surface area (Å²) in [6.45, 7) is 3.84. The molecule has 2 N–H and O–H groups in total. The van der Waals surface area contributed by atoms with Crippen LogP contribution in [0.4, 0.5) is 10.5 Å². The molecule has 2 amide bonds. The monoisotopic (exact) mass is 455 g/mol. The van der Waals surface area contributed by atoms with Crippen molar-refractivity contribution in [3.05, 3.63) is 64.2 Å². The van der Waals surface area contributed by atoms with Crippen LogP contribution in [0.2, 0.25) is 5.02 Å². The van der Waals surface area contributed by atoms with E-state index in [4.69, 9.17) is 22.1 Å². The highest BCUT2D eigenvalue weighted by molar-refractivity contribution is 6.30. The first-order valence-electron chi connectivity index (χ1n) is 11.1. The molecule has 1 aliphatic heterocycles. The van der Waals surface area contributed by atoms with Gasteiger partial charge in [0.15, 0.2) is 0 Å². The summed E-state index contributed by atoms with van der Waals surface area (Å²) in [6.07, 6.45) is 3.71. The van der Waals surface area contributed by atoms with E-state index < -0.39 is 0 Å². The number of benzene rings is 2. The van der Waals surface area contributed by atoms with Crippen LogP contribution in [0.3, 0.4) is 0 Å². The molecule has 1 heterocycles. The fraction of sp³-hybridized carbons (Fsp3) is 0.440. The molecule has 1 saturated heterocycles. The summed E-state index contributed by atoms with van der Waals surface area (Å²) < 4.78 is 4.79. The molecule has 32 heavy (non-hydrogen) atoms. The number of hydrogen-bond donors (Lipinski definition) is 1. The average Bonchev–Trinajstić information content (AvgIpc) is 3.19. The SMILES string of the molecule is COC(=O)c1ccc(N2CCN([C@H]3CC[C@](CN)(c4cccc(Cl)c4)CC3)C2=O)c(C)c1. The van der Waals surface area contributed by atoms with Gasteiger partial charge in [-0.05, 0) is 74.1 Å². The Morgan fingerprint density at radius 1 is 1.19 bits per heavy atom. The minimum atomic E-state index is -0.376. The van der Waals surface area contributed by atoms with E-state index in [0.29, 0.717) is 25.2 Å². The number of anilines is 1. The van der Waals surface area contributed by atoms with Gasteiger partial charge in [0.1, 0.15) is 0 Å². The van der Waals surface area contributed by atoms with Crippen molar-refractivity contribution >= 4 is 29.3 Å². The molecule has 0 spiro atoms.